The highest BCUT2D eigenvalue weighted by molar-refractivity contribution is 7.99. The van der Waals surface area contributed by atoms with Gasteiger partial charge in [-0.1, -0.05) is 37.2 Å². The van der Waals surface area contributed by atoms with Crippen molar-refractivity contribution < 1.29 is 18.7 Å². The number of nitrogen functional groups attached to an aromatic ring is 1. The zero-order chi connectivity index (χ0) is 22.2. The third kappa shape index (κ3) is 5.82. The van der Waals surface area contributed by atoms with Gasteiger partial charge in [0.1, 0.15) is 5.82 Å². The molecule has 0 bridgehead atoms. The Kier molecular flexibility index (Phi) is 7.60. The van der Waals surface area contributed by atoms with E-state index in [1.807, 2.05) is 6.92 Å². The molecule has 0 aliphatic rings. The van der Waals surface area contributed by atoms with Crippen molar-refractivity contribution in [3.63, 3.8) is 0 Å². The Balaban J connectivity index is 1.54. The predicted octanol–water partition coefficient (Wildman–Crippen LogP) is 3.49. The van der Waals surface area contributed by atoms with E-state index in [1.54, 1.807) is 42.5 Å². The monoisotopic (exact) mass is 443 g/mol. The number of hydrogen-bond donors (Lipinski definition) is 2. The first kappa shape index (κ1) is 22.3. The van der Waals surface area contributed by atoms with Crippen LogP contribution in [0, 0.1) is 5.82 Å². The number of halogens is 1. The number of benzene rings is 2. The summed E-state index contributed by atoms with van der Waals surface area (Å²) < 4.78 is 20.2. The number of amides is 1. The number of carbonyl (C=O) groups is 2. The van der Waals surface area contributed by atoms with E-state index in [1.165, 1.54) is 6.07 Å². The number of aromatic nitrogens is 3. The molecule has 0 aliphatic heterocycles. The number of hydrogen-bond acceptors (Lipinski definition) is 7. The molecular weight excluding hydrogens is 421 g/mol. The standard InChI is InChI=1S/C21H22FN5O3S/c1-2-3-12-30-20(29)14-8-10-15(11-9-14)24-18(28)13-31-21-26-25-19(27(21)23)16-6-4-5-7-17(16)22/h4-11H,2-3,12-13,23H2,1H3,(H,24,28). The van der Waals surface area contributed by atoms with Gasteiger partial charge in [0, 0.05) is 5.69 Å². The maximum absolute atomic E-state index is 13.9. The molecule has 0 radical (unpaired) electrons. The van der Waals surface area contributed by atoms with Crippen LogP contribution >= 0.6 is 11.8 Å². The zero-order valence-electron chi connectivity index (χ0n) is 16.9. The zero-order valence-corrected chi connectivity index (χ0v) is 17.7. The lowest BCUT2D eigenvalue weighted by atomic mass is 10.2. The fourth-order valence-electron chi connectivity index (χ4n) is 2.61. The van der Waals surface area contributed by atoms with E-state index in [-0.39, 0.29) is 28.2 Å². The van der Waals surface area contributed by atoms with E-state index >= 15 is 0 Å². The normalized spacial score (nSPS) is 10.6. The van der Waals surface area contributed by atoms with E-state index in [0.717, 1.165) is 29.3 Å². The Labute approximate surface area is 183 Å². The predicted molar refractivity (Wildman–Crippen MR) is 117 cm³/mol. The van der Waals surface area contributed by atoms with Crippen molar-refractivity contribution in [2.45, 2.75) is 24.9 Å². The van der Waals surface area contributed by atoms with Gasteiger partial charge >= 0.3 is 5.97 Å². The number of unbranched alkanes of at least 4 members (excludes halogenated alkanes) is 1. The summed E-state index contributed by atoms with van der Waals surface area (Å²) in [6.45, 7) is 2.40. The van der Waals surface area contributed by atoms with Crippen LogP contribution in [0.2, 0.25) is 0 Å². The van der Waals surface area contributed by atoms with Gasteiger partial charge < -0.3 is 15.9 Å². The molecule has 8 nitrogen and oxygen atoms in total. The number of nitrogens with zero attached hydrogens (tertiary/aromatic N) is 3. The second-order valence-electron chi connectivity index (χ2n) is 6.56. The molecule has 0 saturated carbocycles. The quantitative estimate of drug-likeness (QED) is 0.225. The van der Waals surface area contributed by atoms with Gasteiger partial charge in [0.05, 0.1) is 23.5 Å². The summed E-state index contributed by atoms with van der Waals surface area (Å²) in [5.74, 6) is 5.00. The topological polar surface area (TPSA) is 112 Å². The van der Waals surface area contributed by atoms with Crippen LogP contribution in [0.1, 0.15) is 30.1 Å². The molecule has 3 rings (SSSR count). The summed E-state index contributed by atoms with van der Waals surface area (Å²) in [4.78, 5) is 24.1. The van der Waals surface area contributed by atoms with Crippen LogP contribution in [0.15, 0.2) is 53.7 Å². The fourth-order valence-corrected chi connectivity index (χ4v) is 3.27. The van der Waals surface area contributed by atoms with Crippen molar-refractivity contribution in [2.24, 2.45) is 0 Å². The maximum atomic E-state index is 13.9. The van der Waals surface area contributed by atoms with Gasteiger partial charge in [0.15, 0.2) is 5.82 Å². The van der Waals surface area contributed by atoms with Crippen LogP contribution in [-0.4, -0.2) is 39.1 Å². The van der Waals surface area contributed by atoms with Gasteiger partial charge in [0.25, 0.3) is 0 Å². The molecular formula is C21H22FN5O3S. The maximum Gasteiger partial charge on any atom is 0.338 e. The van der Waals surface area contributed by atoms with Crippen LogP contribution in [-0.2, 0) is 9.53 Å². The number of anilines is 1. The molecule has 0 saturated heterocycles. The lowest BCUT2D eigenvalue weighted by molar-refractivity contribution is -0.113. The molecule has 3 N–H and O–H groups in total. The summed E-state index contributed by atoms with van der Waals surface area (Å²) in [6.07, 6.45) is 1.76. The number of nitrogens with two attached hydrogens (primary N) is 1. The number of thioether (sulfide) groups is 1. The molecule has 0 aliphatic carbocycles. The molecule has 0 spiro atoms. The van der Waals surface area contributed by atoms with E-state index in [2.05, 4.69) is 15.5 Å². The van der Waals surface area contributed by atoms with Crippen molar-refractivity contribution >= 4 is 29.3 Å². The van der Waals surface area contributed by atoms with E-state index in [0.29, 0.717) is 17.9 Å². The number of ether oxygens (including phenoxy) is 1. The van der Waals surface area contributed by atoms with Crippen molar-refractivity contribution in [2.75, 3.05) is 23.5 Å². The number of esters is 1. The molecule has 0 atom stereocenters. The minimum atomic E-state index is -0.464. The smallest absolute Gasteiger partial charge is 0.338 e. The number of rotatable bonds is 9. The van der Waals surface area contributed by atoms with Gasteiger partial charge in [-0.2, -0.15) is 0 Å². The van der Waals surface area contributed by atoms with Crippen LogP contribution in [0.3, 0.4) is 0 Å². The highest BCUT2D eigenvalue weighted by Crippen LogP contribution is 2.23. The van der Waals surface area contributed by atoms with Gasteiger partial charge in [0.2, 0.25) is 11.1 Å². The van der Waals surface area contributed by atoms with Crippen LogP contribution < -0.4 is 11.2 Å². The van der Waals surface area contributed by atoms with Crippen LogP contribution in [0.25, 0.3) is 11.4 Å². The fraction of sp³-hybridized carbons (Fsp3) is 0.238. The first-order chi connectivity index (χ1) is 15.0. The van der Waals surface area contributed by atoms with Gasteiger partial charge in [-0.3, -0.25) is 4.79 Å². The molecule has 1 amide bonds. The van der Waals surface area contributed by atoms with E-state index in [9.17, 15) is 14.0 Å². The highest BCUT2D eigenvalue weighted by Gasteiger charge is 2.16. The first-order valence-corrected chi connectivity index (χ1v) is 10.6. The largest absolute Gasteiger partial charge is 0.462 e. The summed E-state index contributed by atoms with van der Waals surface area (Å²) in [5.41, 5.74) is 1.18. The molecule has 10 heteroatoms. The summed E-state index contributed by atoms with van der Waals surface area (Å²) in [6, 6.07) is 12.5. The molecule has 0 fully saturated rings. The van der Waals surface area contributed by atoms with Gasteiger partial charge in [-0.25, -0.2) is 13.9 Å². The molecule has 31 heavy (non-hydrogen) atoms. The summed E-state index contributed by atoms with van der Waals surface area (Å²) in [5, 5.41) is 10.8. The first-order valence-electron chi connectivity index (χ1n) is 9.64. The lowest BCUT2D eigenvalue weighted by Crippen LogP contribution is -2.16. The molecule has 162 valence electrons. The Bertz CT molecular complexity index is 1060. The Hall–Kier alpha value is -3.40. The average Bonchev–Trinajstić information content (AvgIpc) is 3.13. The van der Waals surface area contributed by atoms with Crippen molar-refractivity contribution in [1.29, 1.82) is 0 Å². The lowest BCUT2D eigenvalue weighted by Gasteiger charge is -2.07. The Morgan fingerprint density at radius 2 is 1.90 bits per heavy atom. The van der Waals surface area contributed by atoms with Crippen molar-refractivity contribution in [1.82, 2.24) is 14.9 Å². The van der Waals surface area contributed by atoms with E-state index in [4.69, 9.17) is 10.6 Å². The van der Waals surface area contributed by atoms with Crippen LogP contribution in [0.5, 0.6) is 0 Å². The molecule has 2 aromatic carbocycles. The Morgan fingerprint density at radius 1 is 1.16 bits per heavy atom. The molecule has 0 unspecified atom stereocenters. The summed E-state index contributed by atoms with van der Waals surface area (Å²) >= 11 is 1.07. The Morgan fingerprint density at radius 3 is 2.61 bits per heavy atom. The van der Waals surface area contributed by atoms with Crippen molar-refractivity contribution in [3.05, 3.63) is 59.9 Å². The minimum absolute atomic E-state index is 0.0212. The highest BCUT2D eigenvalue weighted by atomic mass is 32.2. The van der Waals surface area contributed by atoms with Crippen molar-refractivity contribution in [3.8, 4) is 11.4 Å². The van der Waals surface area contributed by atoms with Gasteiger partial charge in [-0.05, 0) is 42.8 Å². The van der Waals surface area contributed by atoms with E-state index < -0.39 is 11.8 Å². The third-order valence-electron chi connectivity index (χ3n) is 4.25. The number of nitrogens with one attached hydrogen (secondary N) is 1. The van der Waals surface area contributed by atoms with Crippen LogP contribution in [0.4, 0.5) is 10.1 Å². The number of carbonyl (C=O) groups excluding carboxylic acids is 2. The average molecular weight is 444 g/mol. The second kappa shape index (κ2) is 10.6. The molecule has 1 heterocycles. The molecule has 1 aromatic heterocycles. The second-order valence-corrected chi connectivity index (χ2v) is 7.50. The third-order valence-corrected chi connectivity index (χ3v) is 5.19. The summed E-state index contributed by atoms with van der Waals surface area (Å²) in [7, 11) is 0. The van der Waals surface area contributed by atoms with Gasteiger partial charge in [-0.15, -0.1) is 10.2 Å². The molecule has 3 aromatic rings. The minimum Gasteiger partial charge on any atom is -0.462 e. The SMILES string of the molecule is CCCCOC(=O)c1ccc(NC(=O)CSc2nnc(-c3ccccc3F)n2N)cc1.